The van der Waals surface area contributed by atoms with Gasteiger partial charge in [0, 0.05) is 33.2 Å². The first-order chi connectivity index (χ1) is 19.9. The fourth-order valence-electron chi connectivity index (χ4n) is 4.09. The van der Waals surface area contributed by atoms with Crippen molar-refractivity contribution in [2.24, 2.45) is 0 Å². The SMILES string of the molecule is CCOc1ccccc1N(CC(=O)N(Cc1c(Cl)cccc1Cl)[C@H](C)C(=O)N[C@H](C)CC)S(=O)(=O)c1ccc(Cl)cc1. The highest BCUT2D eigenvalue weighted by molar-refractivity contribution is 7.92. The Bertz CT molecular complexity index is 1480. The first-order valence-electron chi connectivity index (χ1n) is 13.4. The highest BCUT2D eigenvalue weighted by Crippen LogP contribution is 2.33. The van der Waals surface area contributed by atoms with Gasteiger partial charge in [-0.15, -0.1) is 0 Å². The lowest BCUT2D eigenvalue weighted by Crippen LogP contribution is -2.52. The molecule has 2 amide bonds. The Hall–Kier alpha value is -2.98. The van der Waals surface area contributed by atoms with Crippen molar-refractivity contribution >= 4 is 62.3 Å². The molecule has 2 atom stereocenters. The molecule has 8 nitrogen and oxygen atoms in total. The Morgan fingerprint density at radius 1 is 0.905 bits per heavy atom. The number of nitrogens with one attached hydrogen (secondary N) is 1. The molecule has 0 aliphatic rings. The van der Waals surface area contributed by atoms with Crippen LogP contribution in [0.5, 0.6) is 5.75 Å². The second-order valence-electron chi connectivity index (χ2n) is 9.58. The van der Waals surface area contributed by atoms with Gasteiger partial charge in [-0.1, -0.05) is 59.9 Å². The van der Waals surface area contributed by atoms with Crippen molar-refractivity contribution in [3.05, 3.63) is 87.4 Å². The molecule has 226 valence electrons. The number of anilines is 1. The number of hydrogen-bond donors (Lipinski definition) is 1. The van der Waals surface area contributed by atoms with Gasteiger partial charge in [-0.3, -0.25) is 13.9 Å². The summed E-state index contributed by atoms with van der Waals surface area (Å²) in [6, 6.07) is 16.0. The molecule has 0 saturated carbocycles. The second-order valence-corrected chi connectivity index (χ2v) is 12.7. The highest BCUT2D eigenvalue weighted by Gasteiger charge is 2.34. The molecule has 3 aromatic carbocycles. The number of nitrogens with zero attached hydrogens (tertiary/aromatic N) is 2. The van der Waals surface area contributed by atoms with Gasteiger partial charge in [-0.2, -0.15) is 0 Å². The maximum absolute atomic E-state index is 14.1. The summed E-state index contributed by atoms with van der Waals surface area (Å²) in [7, 11) is -4.30. The number of sulfonamides is 1. The molecule has 0 radical (unpaired) electrons. The Labute approximate surface area is 262 Å². The smallest absolute Gasteiger partial charge is 0.264 e. The number of carbonyl (C=O) groups is 2. The van der Waals surface area contributed by atoms with Gasteiger partial charge in [0.15, 0.2) is 0 Å². The summed E-state index contributed by atoms with van der Waals surface area (Å²) in [4.78, 5) is 28.6. The van der Waals surface area contributed by atoms with E-state index in [4.69, 9.17) is 39.5 Å². The van der Waals surface area contributed by atoms with Crippen LogP contribution in [0.1, 0.15) is 39.7 Å². The van der Waals surface area contributed by atoms with E-state index in [1.54, 1.807) is 56.3 Å². The molecule has 0 spiro atoms. The number of ether oxygens (including phenoxy) is 1. The van der Waals surface area contributed by atoms with E-state index < -0.39 is 34.4 Å². The maximum Gasteiger partial charge on any atom is 0.264 e. The minimum atomic E-state index is -4.30. The van der Waals surface area contributed by atoms with Gasteiger partial charge in [-0.25, -0.2) is 8.42 Å². The van der Waals surface area contributed by atoms with Crippen LogP contribution in [0.2, 0.25) is 15.1 Å². The Kier molecular flexibility index (Phi) is 11.9. The average Bonchev–Trinajstić information content (AvgIpc) is 2.96. The Morgan fingerprint density at radius 3 is 2.12 bits per heavy atom. The lowest BCUT2D eigenvalue weighted by molar-refractivity contribution is -0.139. The number of amides is 2. The summed E-state index contributed by atoms with van der Waals surface area (Å²) < 4.78 is 34.8. The van der Waals surface area contributed by atoms with E-state index >= 15 is 0 Å². The first-order valence-corrected chi connectivity index (χ1v) is 16.0. The second kappa shape index (κ2) is 15.0. The summed E-state index contributed by atoms with van der Waals surface area (Å²) in [5.74, 6) is -0.780. The standard InChI is InChI=1S/C30H34Cl3N3O5S/c1-5-20(3)34-30(38)21(4)35(18-24-25(32)10-9-11-26(24)33)29(37)19-36(27-12-7-8-13-28(27)41-6-2)42(39,40)23-16-14-22(31)15-17-23/h7-17,20-21H,5-6,18-19H2,1-4H3,(H,34,38)/t20-,21-/m1/s1. The summed E-state index contributed by atoms with van der Waals surface area (Å²) in [5, 5.41) is 3.86. The number of benzene rings is 3. The zero-order chi connectivity index (χ0) is 31.0. The molecule has 12 heteroatoms. The summed E-state index contributed by atoms with van der Waals surface area (Å²) in [5.41, 5.74) is 0.592. The van der Waals surface area contributed by atoms with Gasteiger partial charge >= 0.3 is 0 Å². The van der Waals surface area contributed by atoms with Crippen molar-refractivity contribution in [2.45, 2.75) is 57.6 Å². The zero-order valence-electron chi connectivity index (χ0n) is 23.8. The molecule has 0 fully saturated rings. The molecule has 3 aromatic rings. The van der Waals surface area contributed by atoms with E-state index in [1.807, 2.05) is 13.8 Å². The third-order valence-corrected chi connectivity index (χ3v) is 9.41. The fraction of sp³-hybridized carbons (Fsp3) is 0.333. The predicted molar refractivity (Wildman–Crippen MR) is 168 cm³/mol. The third-order valence-electron chi connectivity index (χ3n) is 6.67. The van der Waals surface area contributed by atoms with Crippen molar-refractivity contribution in [2.75, 3.05) is 17.5 Å². The van der Waals surface area contributed by atoms with Gasteiger partial charge in [0.25, 0.3) is 10.0 Å². The van der Waals surface area contributed by atoms with Gasteiger partial charge in [0.1, 0.15) is 18.3 Å². The van der Waals surface area contributed by atoms with Crippen molar-refractivity contribution in [1.82, 2.24) is 10.2 Å². The molecule has 3 rings (SSSR count). The number of hydrogen-bond acceptors (Lipinski definition) is 5. The van der Waals surface area contributed by atoms with Crippen molar-refractivity contribution in [3.63, 3.8) is 0 Å². The minimum absolute atomic E-state index is 0.0748. The first kappa shape index (κ1) is 33.5. The molecule has 0 unspecified atom stereocenters. The number of rotatable bonds is 13. The van der Waals surface area contributed by atoms with Gasteiger partial charge < -0.3 is 15.0 Å². The molecular formula is C30H34Cl3N3O5S. The zero-order valence-corrected chi connectivity index (χ0v) is 26.9. The molecular weight excluding hydrogens is 621 g/mol. The van der Waals surface area contributed by atoms with Crippen LogP contribution < -0.4 is 14.4 Å². The van der Waals surface area contributed by atoms with Crippen LogP contribution in [0.25, 0.3) is 0 Å². The molecule has 42 heavy (non-hydrogen) atoms. The highest BCUT2D eigenvalue weighted by atomic mass is 35.5. The lowest BCUT2D eigenvalue weighted by Gasteiger charge is -2.33. The van der Waals surface area contributed by atoms with Crippen molar-refractivity contribution < 1.29 is 22.7 Å². The average molecular weight is 655 g/mol. The molecule has 0 bridgehead atoms. The van der Waals surface area contributed by atoms with Crippen LogP contribution in [0, 0.1) is 0 Å². The third kappa shape index (κ3) is 8.10. The van der Waals surface area contributed by atoms with Crippen LogP contribution in [-0.2, 0) is 26.2 Å². The Morgan fingerprint density at radius 2 is 1.52 bits per heavy atom. The minimum Gasteiger partial charge on any atom is -0.492 e. The fourth-order valence-corrected chi connectivity index (χ4v) is 6.16. The van der Waals surface area contributed by atoms with Crippen LogP contribution in [0.3, 0.4) is 0 Å². The number of carbonyl (C=O) groups excluding carboxylic acids is 2. The normalized spacial score (nSPS) is 12.7. The van der Waals surface area contributed by atoms with Crippen molar-refractivity contribution in [3.8, 4) is 5.75 Å². The Balaban J connectivity index is 2.12. The topological polar surface area (TPSA) is 96.0 Å². The van der Waals surface area contributed by atoms with Crippen LogP contribution in [-0.4, -0.2) is 50.4 Å². The molecule has 0 heterocycles. The van der Waals surface area contributed by atoms with Crippen molar-refractivity contribution in [1.29, 1.82) is 0 Å². The quantitative estimate of drug-likeness (QED) is 0.225. The molecule has 0 saturated heterocycles. The molecule has 0 aliphatic carbocycles. The van der Waals surface area contributed by atoms with Gasteiger partial charge in [0.05, 0.1) is 17.2 Å². The number of para-hydroxylation sites is 2. The molecule has 0 aliphatic heterocycles. The van der Waals surface area contributed by atoms with E-state index in [-0.39, 0.29) is 35.5 Å². The van der Waals surface area contributed by atoms with Gasteiger partial charge in [0.2, 0.25) is 11.8 Å². The van der Waals surface area contributed by atoms with Gasteiger partial charge in [-0.05, 0) is 75.7 Å². The van der Waals surface area contributed by atoms with E-state index in [0.717, 1.165) is 4.31 Å². The lowest BCUT2D eigenvalue weighted by atomic mass is 10.1. The summed E-state index contributed by atoms with van der Waals surface area (Å²) >= 11 is 18.9. The monoisotopic (exact) mass is 653 g/mol. The van der Waals surface area contributed by atoms with Crippen LogP contribution >= 0.6 is 34.8 Å². The summed E-state index contributed by atoms with van der Waals surface area (Å²) in [6.45, 7) is 6.62. The predicted octanol–water partition coefficient (Wildman–Crippen LogP) is 6.57. The van der Waals surface area contributed by atoms with Crippen LogP contribution in [0.15, 0.2) is 71.6 Å². The van der Waals surface area contributed by atoms with Crippen LogP contribution in [0.4, 0.5) is 5.69 Å². The van der Waals surface area contributed by atoms with E-state index in [1.165, 1.54) is 29.2 Å². The molecule has 1 N–H and O–H groups in total. The number of halogens is 3. The van der Waals surface area contributed by atoms with E-state index in [2.05, 4.69) is 5.32 Å². The van der Waals surface area contributed by atoms with E-state index in [0.29, 0.717) is 27.1 Å². The maximum atomic E-state index is 14.1. The largest absolute Gasteiger partial charge is 0.492 e. The van der Waals surface area contributed by atoms with E-state index in [9.17, 15) is 18.0 Å². The molecule has 0 aromatic heterocycles. The summed E-state index contributed by atoms with van der Waals surface area (Å²) in [6.07, 6.45) is 0.685.